The van der Waals surface area contributed by atoms with Gasteiger partial charge in [-0.05, 0) is 31.0 Å². The van der Waals surface area contributed by atoms with Gasteiger partial charge < -0.3 is 0 Å². The van der Waals surface area contributed by atoms with E-state index in [0.29, 0.717) is 24.2 Å². The van der Waals surface area contributed by atoms with Crippen LogP contribution in [0.3, 0.4) is 0 Å². The number of nitrogens with zero attached hydrogens (tertiary/aromatic N) is 2. The van der Waals surface area contributed by atoms with Crippen LogP contribution in [0.4, 0.5) is 4.39 Å². The van der Waals surface area contributed by atoms with Crippen LogP contribution in [0.25, 0.3) is 0 Å². The van der Waals surface area contributed by atoms with Crippen molar-refractivity contribution in [2.24, 2.45) is 0 Å². The van der Waals surface area contributed by atoms with Crippen LogP contribution in [-0.2, 0) is 16.4 Å². The molecule has 0 aliphatic rings. The topological polar surface area (TPSA) is 87.7 Å². The normalized spacial score (nSPS) is 11.7. The number of benzene rings is 1. The maximum Gasteiger partial charge on any atom is 0.240 e. The molecule has 8 heteroatoms. The Morgan fingerprint density at radius 3 is 2.90 bits per heavy atom. The van der Waals surface area contributed by atoms with Gasteiger partial charge in [-0.2, -0.15) is 5.10 Å². The Morgan fingerprint density at radius 1 is 1.40 bits per heavy atom. The van der Waals surface area contributed by atoms with Crippen molar-refractivity contribution in [3.8, 4) is 0 Å². The molecule has 0 radical (unpaired) electrons. The molecule has 0 aliphatic carbocycles. The summed E-state index contributed by atoms with van der Waals surface area (Å²) in [4.78, 5) is 3.91. The number of hydrogen-bond acceptors (Lipinski definition) is 4. The molecule has 0 amide bonds. The minimum atomic E-state index is -3.69. The van der Waals surface area contributed by atoms with E-state index in [2.05, 4.69) is 19.9 Å². The van der Waals surface area contributed by atoms with Gasteiger partial charge in [-0.3, -0.25) is 5.10 Å². The highest BCUT2D eigenvalue weighted by Gasteiger charge is 2.16. The monoisotopic (exact) mass is 298 g/mol. The lowest BCUT2D eigenvalue weighted by atomic mass is 10.2. The second-order valence-electron chi connectivity index (χ2n) is 4.34. The van der Waals surface area contributed by atoms with Crippen molar-refractivity contribution in [1.82, 2.24) is 19.9 Å². The van der Waals surface area contributed by atoms with E-state index < -0.39 is 15.8 Å². The van der Waals surface area contributed by atoms with Crippen LogP contribution in [-0.4, -0.2) is 30.1 Å². The summed E-state index contributed by atoms with van der Waals surface area (Å²) in [6.07, 6.45) is 2.56. The van der Waals surface area contributed by atoms with Gasteiger partial charge in [0.25, 0.3) is 0 Å². The van der Waals surface area contributed by atoms with E-state index in [1.807, 2.05) is 0 Å². The lowest BCUT2D eigenvalue weighted by Gasteiger charge is -2.09. The van der Waals surface area contributed by atoms with E-state index in [4.69, 9.17) is 0 Å². The third-order valence-corrected chi connectivity index (χ3v) is 4.39. The van der Waals surface area contributed by atoms with Crippen LogP contribution in [0, 0.1) is 12.7 Å². The van der Waals surface area contributed by atoms with Crippen molar-refractivity contribution in [1.29, 1.82) is 0 Å². The van der Waals surface area contributed by atoms with Crippen LogP contribution in [0.1, 0.15) is 17.8 Å². The van der Waals surface area contributed by atoms with Gasteiger partial charge in [0.1, 0.15) is 18.0 Å². The number of aromatic nitrogens is 3. The molecule has 2 rings (SSSR count). The molecular formula is C12H15FN4O2S. The molecule has 2 aromatic rings. The van der Waals surface area contributed by atoms with E-state index in [1.54, 1.807) is 6.92 Å². The zero-order chi connectivity index (χ0) is 14.6. The molecule has 1 aromatic heterocycles. The van der Waals surface area contributed by atoms with Gasteiger partial charge in [-0.1, -0.05) is 6.07 Å². The lowest BCUT2D eigenvalue weighted by Crippen LogP contribution is -2.26. The van der Waals surface area contributed by atoms with Crippen LogP contribution < -0.4 is 4.72 Å². The fourth-order valence-corrected chi connectivity index (χ4v) is 3.08. The molecule has 2 N–H and O–H groups in total. The Labute approximate surface area is 116 Å². The number of aromatic amines is 1. The van der Waals surface area contributed by atoms with Crippen LogP contribution in [0.15, 0.2) is 29.4 Å². The predicted octanol–water partition coefficient (Wildman–Crippen LogP) is 1.16. The summed E-state index contributed by atoms with van der Waals surface area (Å²) in [7, 11) is -3.69. The highest BCUT2D eigenvalue weighted by atomic mass is 32.2. The standard InChI is InChI=1S/C12H15FN4O2S/c1-9-4-5-10(13)7-11(9)20(18,19)16-6-2-3-12-14-8-15-17-12/h4-5,7-8,16H,2-3,6H2,1H3,(H,14,15,17). The number of rotatable bonds is 6. The Kier molecular flexibility index (Phi) is 4.46. The van der Waals surface area contributed by atoms with E-state index >= 15 is 0 Å². The molecule has 0 atom stereocenters. The maximum atomic E-state index is 13.1. The molecule has 0 aliphatic heterocycles. The average Bonchev–Trinajstić information content (AvgIpc) is 2.90. The third kappa shape index (κ3) is 3.61. The molecule has 1 aromatic carbocycles. The quantitative estimate of drug-likeness (QED) is 0.783. The molecule has 1 heterocycles. The highest BCUT2D eigenvalue weighted by molar-refractivity contribution is 7.89. The summed E-state index contributed by atoms with van der Waals surface area (Å²) in [6.45, 7) is 1.88. The summed E-state index contributed by atoms with van der Waals surface area (Å²) in [5.41, 5.74) is 0.508. The minimum Gasteiger partial charge on any atom is -0.263 e. The molecule has 6 nitrogen and oxygen atoms in total. The van der Waals surface area contributed by atoms with Crippen molar-refractivity contribution in [2.45, 2.75) is 24.7 Å². The smallest absolute Gasteiger partial charge is 0.240 e. The Bertz CT molecular complexity index is 671. The Hall–Kier alpha value is -1.80. The molecule has 20 heavy (non-hydrogen) atoms. The fraction of sp³-hybridized carbons (Fsp3) is 0.333. The average molecular weight is 298 g/mol. The van der Waals surface area contributed by atoms with Crippen LogP contribution in [0.5, 0.6) is 0 Å². The molecule has 0 fully saturated rings. The predicted molar refractivity (Wildman–Crippen MR) is 71.0 cm³/mol. The Morgan fingerprint density at radius 2 is 2.20 bits per heavy atom. The highest BCUT2D eigenvalue weighted by Crippen LogP contribution is 2.16. The van der Waals surface area contributed by atoms with Crippen molar-refractivity contribution in [3.05, 3.63) is 41.7 Å². The third-order valence-electron chi connectivity index (χ3n) is 2.79. The first-order chi connectivity index (χ1) is 9.49. The van der Waals surface area contributed by atoms with Gasteiger partial charge in [-0.15, -0.1) is 0 Å². The van der Waals surface area contributed by atoms with Gasteiger partial charge in [0, 0.05) is 13.0 Å². The van der Waals surface area contributed by atoms with E-state index in [1.165, 1.54) is 18.5 Å². The van der Waals surface area contributed by atoms with Gasteiger partial charge in [0.15, 0.2) is 0 Å². The molecule has 0 bridgehead atoms. The Balaban J connectivity index is 1.95. The van der Waals surface area contributed by atoms with Crippen molar-refractivity contribution in [2.75, 3.05) is 6.54 Å². The number of nitrogens with one attached hydrogen (secondary N) is 2. The van der Waals surface area contributed by atoms with Gasteiger partial charge in [0.2, 0.25) is 10.0 Å². The number of sulfonamides is 1. The molecule has 0 spiro atoms. The fourth-order valence-electron chi connectivity index (χ4n) is 1.75. The largest absolute Gasteiger partial charge is 0.263 e. The number of hydrogen-bond donors (Lipinski definition) is 2. The van der Waals surface area contributed by atoms with E-state index in [9.17, 15) is 12.8 Å². The van der Waals surface area contributed by atoms with Crippen molar-refractivity contribution in [3.63, 3.8) is 0 Å². The van der Waals surface area contributed by atoms with Crippen LogP contribution in [0.2, 0.25) is 0 Å². The summed E-state index contributed by atoms with van der Waals surface area (Å²) in [5.74, 6) is 0.128. The zero-order valence-corrected chi connectivity index (χ0v) is 11.7. The SMILES string of the molecule is Cc1ccc(F)cc1S(=O)(=O)NCCCc1ncn[nH]1. The second kappa shape index (κ2) is 6.10. The molecular weight excluding hydrogens is 283 g/mol. The van der Waals surface area contributed by atoms with Crippen molar-refractivity contribution >= 4 is 10.0 Å². The first-order valence-corrected chi connectivity index (χ1v) is 7.57. The zero-order valence-electron chi connectivity index (χ0n) is 10.9. The van der Waals surface area contributed by atoms with Gasteiger partial charge >= 0.3 is 0 Å². The summed E-state index contributed by atoms with van der Waals surface area (Å²) >= 11 is 0. The number of halogens is 1. The van der Waals surface area contributed by atoms with Gasteiger partial charge in [0.05, 0.1) is 4.90 Å². The molecule has 0 saturated heterocycles. The number of H-pyrrole nitrogens is 1. The summed E-state index contributed by atoms with van der Waals surface area (Å²) in [6, 6.07) is 3.70. The van der Waals surface area contributed by atoms with E-state index in [-0.39, 0.29) is 11.4 Å². The van der Waals surface area contributed by atoms with E-state index in [0.717, 1.165) is 6.07 Å². The second-order valence-corrected chi connectivity index (χ2v) is 6.08. The first kappa shape index (κ1) is 14.6. The van der Waals surface area contributed by atoms with Crippen LogP contribution >= 0.6 is 0 Å². The molecule has 0 unspecified atom stereocenters. The summed E-state index contributed by atoms with van der Waals surface area (Å²) < 4.78 is 39.7. The lowest BCUT2D eigenvalue weighted by molar-refractivity contribution is 0.573. The summed E-state index contributed by atoms with van der Waals surface area (Å²) in [5, 5.41) is 6.40. The maximum absolute atomic E-state index is 13.1. The van der Waals surface area contributed by atoms with Gasteiger partial charge in [-0.25, -0.2) is 22.5 Å². The molecule has 108 valence electrons. The van der Waals surface area contributed by atoms with Crippen molar-refractivity contribution < 1.29 is 12.8 Å². The first-order valence-electron chi connectivity index (χ1n) is 6.09. The number of aryl methyl sites for hydroxylation is 2. The minimum absolute atomic E-state index is 0.0304. The molecule has 0 saturated carbocycles.